The molecule has 2 aliphatic rings. The van der Waals surface area contributed by atoms with Crippen LogP contribution in [0.4, 0.5) is 17.1 Å². The first-order chi connectivity index (χ1) is 24.8. The van der Waals surface area contributed by atoms with Crippen molar-refractivity contribution in [3.05, 3.63) is 186 Å². The number of hydrogen-bond acceptors (Lipinski definition) is 1. The molecule has 2 aliphatic carbocycles. The van der Waals surface area contributed by atoms with Crippen LogP contribution in [0.3, 0.4) is 0 Å². The number of nitrogens with zero attached hydrogens (tertiary/aromatic N) is 1. The highest BCUT2D eigenvalue weighted by molar-refractivity contribution is 6.07. The molecule has 0 atom stereocenters. The molecule has 0 unspecified atom stereocenters. The van der Waals surface area contributed by atoms with Crippen LogP contribution in [0.2, 0.25) is 0 Å². The monoisotopic (exact) mass is 653 g/mol. The Balaban J connectivity index is 1.24. The molecule has 0 aromatic heterocycles. The van der Waals surface area contributed by atoms with Gasteiger partial charge in [0.15, 0.2) is 0 Å². The highest BCUT2D eigenvalue weighted by Crippen LogP contribution is 2.56. The molecular weight excluding hydrogens is 615 g/mol. The van der Waals surface area contributed by atoms with Gasteiger partial charge in [0.2, 0.25) is 0 Å². The summed E-state index contributed by atoms with van der Waals surface area (Å²) < 4.78 is 0. The summed E-state index contributed by atoms with van der Waals surface area (Å²) >= 11 is 0. The van der Waals surface area contributed by atoms with Crippen LogP contribution in [0.1, 0.15) is 49.9 Å². The van der Waals surface area contributed by atoms with Crippen molar-refractivity contribution in [2.75, 3.05) is 4.90 Å². The van der Waals surface area contributed by atoms with Gasteiger partial charge in [-0.3, -0.25) is 0 Å². The average Bonchev–Trinajstić information content (AvgIpc) is 3.53. The molecule has 10 rings (SSSR count). The molecule has 0 heterocycles. The smallest absolute Gasteiger partial charge is 0.0546 e. The van der Waals surface area contributed by atoms with E-state index in [1.54, 1.807) is 0 Å². The van der Waals surface area contributed by atoms with Gasteiger partial charge in [0, 0.05) is 27.6 Å². The molecule has 0 N–H and O–H groups in total. The lowest BCUT2D eigenvalue weighted by molar-refractivity contribution is 0.661. The Labute approximate surface area is 300 Å². The van der Waals surface area contributed by atoms with Crippen molar-refractivity contribution in [1.29, 1.82) is 0 Å². The van der Waals surface area contributed by atoms with Crippen LogP contribution in [0.25, 0.3) is 54.9 Å². The van der Waals surface area contributed by atoms with Gasteiger partial charge in [0.25, 0.3) is 0 Å². The summed E-state index contributed by atoms with van der Waals surface area (Å²) in [5.41, 5.74) is 16.6. The van der Waals surface area contributed by atoms with E-state index >= 15 is 0 Å². The van der Waals surface area contributed by atoms with E-state index in [1.165, 1.54) is 82.9 Å². The molecule has 8 aromatic carbocycles. The molecule has 51 heavy (non-hydrogen) atoms. The van der Waals surface area contributed by atoms with E-state index in [2.05, 4.69) is 196 Å². The molecule has 0 saturated carbocycles. The minimum absolute atomic E-state index is 0.0923. The van der Waals surface area contributed by atoms with Crippen molar-refractivity contribution in [3.8, 4) is 33.4 Å². The fourth-order valence-electron chi connectivity index (χ4n) is 9.25. The maximum Gasteiger partial charge on any atom is 0.0546 e. The van der Waals surface area contributed by atoms with Gasteiger partial charge in [-0.1, -0.05) is 149 Å². The second-order valence-corrected chi connectivity index (χ2v) is 15.4. The predicted octanol–water partition coefficient (Wildman–Crippen LogP) is 13.7. The Bertz CT molecular complexity index is 2680. The van der Waals surface area contributed by atoms with E-state index in [-0.39, 0.29) is 10.8 Å². The van der Waals surface area contributed by atoms with Gasteiger partial charge in [0.05, 0.1) is 5.69 Å². The van der Waals surface area contributed by atoms with E-state index in [0.717, 1.165) is 11.4 Å². The SMILES string of the molecule is CC1(C)c2ccc(N(c3ccc(-c4ccccc4)cc3)c3cc4c(c5ccccc35)C(C)(C)c3ccccc3-4)cc2-c2cc3ccccc3cc21. The van der Waals surface area contributed by atoms with Crippen molar-refractivity contribution in [2.45, 2.75) is 38.5 Å². The van der Waals surface area contributed by atoms with Crippen molar-refractivity contribution >= 4 is 38.6 Å². The van der Waals surface area contributed by atoms with Crippen molar-refractivity contribution in [2.24, 2.45) is 0 Å². The summed E-state index contributed by atoms with van der Waals surface area (Å²) in [5, 5.41) is 5.16. The molecule has 0 fully saturated rings. The lowest BCUT2D eigenvalue weighted by Crippen LogP contribution is -2.17. The topological polar surface area (TPSA) is 3.24 Å². The normalized spacial score (nSPS) is 14.6. The van der Waals surface area contributed by atoms with E-state index in [1.807, 2.05) is 0 Å². The van der Waals surface area contributed by atoms with Gasteiger partial charge in [-0.25, -0.2) is 0 Å². The second kappa shape index (κ2) is 10.8. The lowest BCUT2D eigenvalue weighted by atomic mass is 9.80. The van der Waals surface area contributed by atoms with Gasteiger partial charge in [-0.15, -0.1) is 0 Å². The quantitative estimate of drug-likeness (QED) is 0.183. The first-order valence-corrected chi connectivity index (χ1v) is 18.1. The molecule has 0 aliphatic heterocycles. The zero-order valence-electron chi connectivity index (χ0n) is 29.5. The molecule has 8 aromatic rings. The highest BCUT2D eigenvalue weighted by Gasteiger charge is 2.39. The predicted molar refractivity (Wildman–Crippen MR) is 217 cm³/mol. The first kappa shape index (κ1) is 29.9. The van der Waals surface area contributed by atoms with E-state index in [4.69, 9.17) is 0 Å². The van der Waals surface area contributed by atoms with Gasteiger partial charge in [-0.2, -0.15) is 0 Å². The molecule has 0 saturated heterocycles. The van der Waals surface area contributed by atoms with Crippen molar-refractivity contribution in [1.82, 2.24) is 0 Å². The molecule has 0 spiro atoms. The number of rotatable bonds is 4. The fraction of sp³-hybridized carbons (Fsp3) is 0.120. The Kier molecular flexibility index (Phi) is 6.34. The van der Waals surface area contributed by atoms with Crippen molar-refractivity contribution < 1.29 is 0 Å². The Hall–Kier alpha value is -5.92. The third-order valence-corrected chi connectivity index (χ3v) is 11.8. The minimum Gasteiger partial charge on any atom is -0.310 e. The van der Waals surface area contributed by atoms with Crippen LogP contribution in [0.5, 0.6) is 0 Å². The molecule has 244 valence electrons. The van der Waals surface area contributed by atoms with Crippen LogP contribution in [-0.2, 0) is 10.8 Å². The van der Waals surface area contributed by atoms with Gasteiger partial charge >= 0.3 is 0 Å². The zero-order chi connectivity index (χ0) is 34.5. The van der Waals surface area contributed by atoms with Gasteiger partial charge < -0.3 is 4.90 Å². The molecule has 0 amide bonds. The van der Waals surface area contributed by atoms with Gasteiger partial charge in [0.1, 0.15) is 0 Å². The summed E-state index contributed by atoms with van der Waals surface area (Å²) in [7, 11) is 0. The third-order valence-electron chi connectivity index (χ3n) is 11.8. The number of fused-ring (bicyclic) bond motifs is 9. The zero-order valence-corrected chi connectivity index (χ0v) is 29.5. The average molecular weight is 654 g/mol. The number of anilines is 3. The maximum absolute atomic E-state index is 2.50. The van der Waals surface area contributed by atoms with Crippen LogP contribution in [-0.4, -0.2) is 0 Å². The van der Waals surface area contributed by atoms with E-state index < -0.39 is 0 Å². The number of benzene rings is 8. The van der Waals surface area contributed by atoms with Crippen molar-refractivity contribution in [3.63, 3.8) is 0 Å². The first-order valence-electron chi connectivity index (χ1n) is 18.1. The molecule has 1 heteroatoms. The fourth-order valence-corrected chi connectivity index (χ4v) is 9.25. The Morgan fingerprint density at radius 2 is 0.961 bits per heavy atom. The second-order valence-electron chi connectivity index (χ2n) is 15.4. The van der Waals surface area contributed by atoms with Crippen LogP contribution in [0, 0.1) is 0 Å². The van der Waals surface area contributed by atoms with Crippen LogP contribution >= 0.6 is 0 Å². The van der Waals surface area contributed by atoms with Crippen LogP contribution < -0.4 is 4.90 Å². The summed E-state index contributed by atoms with van der Waals surface area (Å²) in [6, 6.07) is 61.0. The summed E-state index contributed by atoms with van der Waals surface area (Å²) in [4.78, 5) is 2.50. The molecule has 0 bridgehead atoms. The van der Waals surface area contributed by atoms with Gasteiger partial charge in [-0.05, 0) is 114 Å². The molecule has 0 radical (unpaired) electrons. The Morgan fingerprint density at radius 3 is 1.75 bits per heavy atom. The maximum atomic E-state index is 2.50. The third kappa shape index (κ3) is 4.34. The number of hydrogen-bond donors (Lipinski definition) is 0. The molecule has 1 nitrogen and oxygen atoms in total. The van der Waals surface area contributed by atoms with E-state index in [0.29, 0.717) is 0 Å². The highest BCUT2D eigenvalue weighted by atomic mass is 15.1. The van der Waals surface area contributed by atoms with E-state index in [9.17, 15) is 0 Å². The van der Waals surface area contributed by atoms with Crippen LogP contribution in [0.15, 0.2) is 164 Å². The standard InChI is InChI=1S/C50H39N/c1-49(2)45-27-26-37(30-42(45)41-28-34-16-8-9-17-35(34)29-46(41)49)51(36-24-22-33(23-25-36)32-14-6-5-7-15-32)47-31-43-38-18-12-13-21-44(38)50(3,4)48(43)40-20-11-10-19-39(40)47/h5-31H,1-4H3. The summed E-state index contributed by atoms with van der Waals surface area (Å²) in [5.74, 6) is 0. The minimum atomic E-state index is -0.0993. The Morgan fingerprint density at radius 1 is 0.373 bits per heavy atom. The summed E-state index contributed by atoms with van der Waals surface area (Å²) in [6.07, 6.45) is 0. The molecular formula is C50H39N. The largest absolute Gasteiger partial charge is 0.310 e. The lowest BCUT2D eigenvalue weighted by Gasteiger charge is -2.30. The summed E-state index contributed by atoms with van der Waals surface area (Å²) in [6.45, 7) is 9.51.